The van der Waals surface area contributed by atoms with E-state index in [1.54, 1.807) is 0 Å². The molecule has 1 fully saturated rings. The van der Waals surface area contributed by atoms with E-state index in [0.29, 0.717) is 19.8 Å². The molecule has 0 saturated carbocycles. The molecule has 0 spiro atoms. The van der Waals surface area contributed by atoms with Crippen LogP contribution in [0.2, 0.25) is 0 Å². The number of nitrogens with one attached hydrogen (secondary N) is 2. The van der Waals surface area contributed by atoms with Crippen molar-refractivity contribution in [2.75, 3.05) is 46.1 Å². The molecule has 30 heavy (non-hydrogen) atoms. The van der Waals surface area contributed by atoms with Crippen molar-refractivity contribution in [2.45, 2.75) is 49.6 Å². The van der Waals surface area contributed by atoms with Gasteiger partial charge in [-0.25, -0.2) is 0 Å². The first kappa shape index (κ1) is 26.6. The molecule has 1 aliphatic rings. The SMILES string of the molecule is CC(=O)N[C@@H]1[C@H]([C@@H](O)[C@@H](O)CO)O[C@@](O)(C(=O)NCCOCCOCCN)C[C@H]1O. The molecule has 13 nitrogen and oxygen atoms in total. The number of hydrogen-bond acceptors (Lipinski definition) is 11. The van der Waals surface area contributed by atoms with Gasteiger partial charge in [0.15, 0.2) is 0 Å². The zero-order valence-electron chi connectivity index (χ0n) is 16.9. The molecule has 0 aliphatic carbocycles. The highest BCUT2D eigenvalue weighted by atomic mass is 16.6. The summed E-state index contributed by atoms with van der Waals surface area (Å²) in [4.78, 5) is 23.8. The van der Waals surface area contributed by atoms with Gasteiger partial charge in [0.1, 0.15) is 18.3 Å². The summed E-state index contributed by atoms with van der Waals surface area (Å²) in [7, 11) is 0. The maximum Gasteiger partial charge on any atom is 0.280 e. The molecular formula is C17H33N3O10. The fraction of sp³-hybridized carbons (Fsp3) is 0.882. The molecule has 1 rings (SSSR count). The zero-order valence-corrected chi connectivity index (χ0v) is 16.9. The van der Waals surface area contributed by atoms with Gasteiger partial charge in [0, 0.05) is 26.4 Å². The molecule has 9 N–H and O–H groups in total. The van der Waals surface area contributed by atoms with Crippen LogP contribution in [0.15, 0.2) is 0 Å². The number of aliphatic hydroxyl groups is 5. The van der Waals surface area contributed by atoms with Gasteiger partial charge in [-0.15, -0.1) is 0 Å². The molecule has 1 saturated heterocycles. The number of carbonyl (C=O) groups is 2. The van der Waals surface area contributed by atoms with Crippen molar-refractivity contribution in [2.24, 2.45) is 5.73 Å². The van der Waals surface area contributed by atoms with E-state index in [9.17, 15) is 30.0 Å². The van der Waals surface area contributed by atoms with Crippen LogP contribution in [0, 0.1) is 0 Å². The third-order valence-corrected chi connectivity index (χ3v) is 4.39. The van der Waals surface area contributed by atoms with E-state index in [1.807, 2.05) is 0 Å². The Morgan fingerprint density at radius 1 is 1.23 bits per heavy atom. The van der Waals surface area contributed by atoms with Gasteiger partial charge < -0.3 is 56.1 Å². The van der Waals surface area contributed by atoms with Gasteiger partial charge in [0.2, 0.25) is 11.7 Å². The number of nitrogens with two attached hydrogens (primary N) is 1. The van der Waals surface area contributed by atoms with Crippen molar-refractivity contribution in [1.82, 2.24) is 10.6 Å². The number of carbonyl (C=O) groups excluding carboxylic acids is 2. The summed E-state index contributed by atoms with van der Waals surface area (Å²) in [5, 5.41) is 54.7. The van der Waals surface area contributed by atoms with Crippen LogP contribution in [-0.2, 0) is 23.8 Å². The van der Waals surface area contributed by atoms with Gasteiger partial charge in [-0.1, -0.05) is 0 Å². The van der Waals surface area contributed by atoms with Crippen LogP contribution in [0.4, 0.5) is 0 Å². The summed E-state index contributed by atoms with van der Waals surface area (Å²) in [6, 6.07) is -1.23. The second-order valence-electron chi connectivity index (χ2n) is 6.87. The summed E-state index contributed by atoms with van der Waals surface area (Å²) >= 11 is 0. The third kappa shape index (κ3) is 8.02. The van der Waals surface area contributed by atoms with E-state index < -0.39 is 61.1 Å². The highest BCUT2D eigenvalue weighted by molar-refractivity contribution is 5.83. The molecular weight excluding hydrogens is 406 g/mol. The molecule has 176 valence electrons. The Hall–Kier alpha value is -1.42. The van der Waals surface area contributed by atoms with Crippen LogP contribution in [-0.4, -0.2) is 120 Å². The van der Waals surface area contributed by atoms with Crippen LogP contribution in [0.1, 0.15) is 13.3 Å². The van der Waals surface area contributed by atoms with Gasteiger partial charge in [0.05, 0.1) is 45.2 Å². The van der Waals surface area contributed by atoms with Crippen molar-refractivity contribution in [3.05, 3.63) is 0 Å². The Morgan fingerprint density at radius 2 is 1.87 bits per heavy atom. The van der Waals surface area contributed by atoms with Crippen LogP contribution in [0.25, 0.3) is 0 Å². The summed E-state index contributed by atoms with van der Waals surface area (Å²) in [6.07, 6.45) is -7.17. The van der Waals surface area contributed by atoms with Gasteiger partial charge in [0.25, 0.3) is 5.91 Å². The number of ether oxygens (including phenoxy) is 3. The number of aliphatic hydroxyl groups excluding tert-OH is 4. The van der Waals surface area contributed by atoms with E-state index in [-0.39, 0.29) is 19.8 Å². The lowest BCUT2D eigenvalue weighted by Gasteiger charge is -2.45. The number of hydrogen-bond donors (Lipinski definition) is 8. The van der Waals surface area contributed by atoms with Gasteiger partial charge in [-0.2, -0.15) is 0 Å². The normalized spacial score (nSPS) is 28.6. The Balaban J connectivity index is 2.67. The van der Waals surface area contributed by atoms with Crippen molar-refractivity contribution >= 4 is 11.8 Å². The number of rotatable bonds is 13. The lowest BCUT2D eigenvalue weighted by molar-refractivity contribution is -0.287. The first-order chi connectivity index (χ1) is 14.2. The molecule has 1 heterocycles. The van der Waals surface area contributed by atoms with Crippen molar-refractivity contribution in [3.8, 4) is 0 Å². The van der Waals surface area contributed by atoms with Crippen LogP contribution in [0.3, 0.4) is 0 Å². The van der Waals surface area contributed by atoms with E-state index in [1.165, 1.54) is 0 Å². The molecule has 1 aliphatic heterocycles. The second-order valence-corrected chi connectivity index (χ2v) is 6.87. The topological polar surface area (TPSA) is 213 Å². The first-order valence-electron chi connectivity index (χ1n) is 9.62. The molecule has 0 aromatic rings. The Bertz CT molecular complexity index is 540. The lowest BCUT2D eigenvalue weighted by Crippen LogP contribution is -2.68. The zero-order chi connectivity index (χ0) is 22.7. The predicted octanol–water partition coefficient (Wildman–Crippen LogP) is -4.85. The Kier molecular flexibility index (Phi) is 11.6. The molecule has 0 aromatic carbocycles. The van der Waals surface area contributed by atoms with E-state index in [4.69, 9.17) is 25.1 Å². The van der Waals surface area contributed by atoms with E-state index in [2.05, 4.69) is 10.6 Å². The van der Waals surface area contributed by atoms with Gasteiger partial charge >= 0.3 is 0 Å². The minimum atomic E-state index is -2.54. The minimum absolute atomic E-state index is 0.0130. The molecule has 6 atom stereocenters. The van der Waals surface area contributed by atoms with Crippen molar-refractivity contribution in [3.63, 3.8) is 0 Å². The molecule has 2 amide bonds. The average molecular weight is 439 g/mol. The van der Waals surface area contributed by atoms with Crippen molar-refractivity contribution < 1.29 is 49.3 Å². The first-order valence-corrected chi connectivity index (χ1v) is 9.62. The highest BCUT2D eigenvalue weighted by Gasteiger charge is 2.53. The lowest BCUT2D eigenvalue weighted by atomic mass is 9.88. The highest BCUT2D eigenvalue weighted by Crippen LogP contribution is 2.30. The average Bonchev–Trinajstić information content (AvgIpc) is 2.70. The van der Waals surface area contributed by atoms with Gasteiger partial charge in [-0.05, 0) is 0 Å². The summed E-state index contributed by atoms with van der Waals surface area (Å²) in [6.45, 7) is 1.86. The fourth-order valence-corrected chi connectivity index (χ4v) is 2.92. The maximum absolute atomic E-state index is 12.4. The monoisotopic (exact) mass is 439 g/mol. The molecule has 0 bridgehead atoms. The summed E-state index contributed by atoms with van der Waals surface area (Å²) < 4.78 is 15.7. The summed E-state index contributed by atoms with van der Waals surface area (Å²) in [5.41, 5.74) is 5.27. The minimum Gasteiger partial charge on any atom is -0.394 e. The number of amides is 2. The molecule has 0 unspecified atom stereocenters. The predicted molar refractivity (Wildman–Crippen MR) is 101 cm³/mol. The quantitative estimate of drug-likeness (QED) is 0.127. The van der Waals surface area contributed by atoms with Crippen molar-refractivity contribution in [1.29, 1.82) is 0 Å². The summed E-state index contributed by atoms with van der Waals surface area (Å²) in [5.74, 6) is -4.11. The van der Waals surface area contributed by atoms with Crippen LogP contribution < -0.4 is 16.4 Å². The van der Waals surface area contributed by atoms with Gasteiger partial charge in [-0.3, -0.25) is 9.59 Å². The Labute approximate surface area is 174 Å². The molecule has 13 heteroatoms. The standard InChI is InChI=1S/C17H33N3O10/c1-10(22)20-13-11(23)8-17(27,30-15(13)14(25)12(24)9-21)16(26)19-3-5-29-7-6-28-4-2-18/h11-15,21,23-25,27H,2-9,18H2,1H3,(H,19,26)(H,20,22)/t11-,12+,13+,14+,15-,17-/m1/s1. The smallest absolute Gasteiger partial charge is 0.280 e. The van der Waals surface area contributed by atoms with Crippen LogP contribution in [0.5, 0.6) is 0 Å². The van der Waals surface area contributed by atoms with E-state index in [0.717, 1.165) is 6.92 Å². The largest absolute Gasteiger partial charge is 0.394 e. The van der Waals surface area contributed by atoms with Crippen LogP contribution >= 0.6 is 0 Å². The third-order valence-electron chi connectivity index (χ3n) is 4.39. The van der Waals surface area contributed by atoms with E-state index >= 15 is 0 Å². The Morgan fingerprint density at radius 3 is 2.43 bits per heavy atom. The maximum atomic E-state index is 12.4. The second kappa shape index (κ2) is 13.1. The molecule has 0 radical (unpaired) electrons. The fourth-order valence-electron chi connectivity index (χ4n) is 2.92. The molecule has 0 aromatic heterocycles.